The van der Waals surface area contributed by atoms with E-state index < -0.39 is 0 Å². The second-order valence-electron chi connectivity index (χ2n) is 5.89. The van der Waals surface area contributed by atoms with Crippen LogP contribution in [-0.2, 0) is 6.54 Å². The van der Waals surface area contributed by atoms with Crippen molar-refractivity contribution in [3.63, 3.8) is 0 Å². The summed E-state index contributed by atoms with van der Waals surface area (Å²) in [4.78, 5) is 14.5. The molecule has 1 saturated carbocycles. The number of nitrogens with one attached hydrogen (secondary N) is 2. The summed E-state index contributed by atoms with van der Waals surface area (Å²) in [6, 6.07) is 9.05. The molecule has 1 fully saturated rings. The first kappa shape index (κ1) is 16.0. The molecule has 116 valence electrons. The standard InChI is InChI=1S/C17H27N3O/c1-4-20(16-9-10-16)12-14-5-7-15(8-6-14)17(21)19-11-13(2)18-3/h5-8,13,16,18H,4,9-12H2,1-3H3,(H,19,21). The van der Waals surface area contributed by atoms with Gasteiger partial charge in [-0.3, -0.25) is 9.69 Å². The predicted octanol–water partition coefficient (Wildman–Crippen LogP) is 2.01. The number of hydrogen-bond acceptors (Lipinski definition) is 3. The van der Waals surface area contributed by atoms with Crippen LogP contribution in [0.1, 0.15) is 42.6 Å². The Balaban J connectivity index is 1.87. The van der Waals surface area contributed by atoms with Crippen LogP contribution in [0.3, 0.4) is 0 Å². The van der Waals surface area contributed by atoms with Gasteiger partial charge in [-0.15, -0.1) is 0 Å². The summed E-state index contributed by atoms with van der Waals surface area (Å²) in [5.74, 6) is -0.00168. The molecular weight excluding hydrogens is 262 g/mol. The summed E-state index contributed by atoms with van der Waals surface area (Å²) in [6.07, 6.45) is 2.66. The molecule has 1 atom stereocenters. The average molecular weight is 289 g/mol. The zero-order valence-corrected chi connectivity index (χ0v) is 13.4. The Hall–Kier alpha value is -1.39. The van der Waals surface area contributed by atoms with Gasteiger partial charge in [0, 0.05) is 30.7 Å². The van der Waals surface area contributed by atoms with Crippen LogP contribution >= 0.6 is 0 Å². The molecule has 1 unspecified atom stereocenters. The molecule has 0 saturated heterocycles. The van der Waals surface area contributed by atoms with Crippen molar-refractivity contribution in [3.05, 3.63) is 35.4 Å². The number of amides is 1. The molecule has 4 nitrogen and oxygen atoms in total. The van der Waals surface area contributed by atoms with Crippen molar-refractivity contribution in [2.75, 3.05) is 20.1 Å². The van der Waals surface area contributed by atoms with Crippen LogP contribution in [0.25, 0.3) is 0 Å². The van der Waals surface area contributed by atoms with Crippen molar-refractivity contribution in [1.29, 1.82) is 0 Å². The first-order valence-electron chi connectivity index (χ1n) is 7.92. The van der Waals surface area contributed by atoms with Gasteiger partial charge >= 0.3 is 0 Å². The third kappa shape index (κ3) is 4.83. The van der Waals surface area contributed by atoms with Crippen molar-refractivity contribution in [1.82, 2.24) is 15.5 Å². The molecule has 2 N–H and O–H groups in total. The number of likely N-dealkylation sites (N-methyl/N-ethyl adjacent to an activating group) is 1. The van der Waals surface area contributed by atoms with E-state index in [-0.39, 0.29) is 11.9 Å². The number of nitrogens with zero attached hydrogens (tertiary/aromatic N) is 1. The lowest BCUT2D eigenvalue weighted by Gasteiger charge is -2.19. The van der Waals surface area contributed by atoms with Crippen molar-refractivity contribution in [2.45, 2.75) is 45.3 Å². The Kier molecular flexibility index (Phi) is 5.76. The molecular formula is C17H27N3O. The molecule has 0 bridgehead atoms. The lowest BCUT2D eigenvalue weighted by Crippen LogP contribution is -2.37. The zero-order valence-electron chi connectivity index (χ0n) is 13.4. The Labute approximate surface area is 127 Å². The van der Waals surface area contributed by atoms with E-state index in [0.29, 0.717) is 6.54 Å². The van der Waals surface area contributed by atoms with Gasteiger partial charge < -0.3 is 10.6 Å². The number of benzene rings is 1. The molecule has 0 heterocycles. The summed E-state index contributed by atoms with van der Waals surface area (Å²) in [6.45, 7) is 6.97. The summed E-state index contributed by atoms with van der Waals surface area (Å²) in [5.41, 5.74) is 2.01. The lowest BCUT2D eigenvalue weighted by molar-refractivity contribution is 0.0950. The first-order valence-corrected chi connectivity index (χ1v) is 7.92. The van der Waals surface area contributed by atoms with Gasteiger partial charge in [-0.1, -0.05) is 19.1 Å². The van der Waals surface area contributed by atoms with E-state index in [1.54, 1.807) is 0 Å². The van der Waals surface area contributed by atoms with E-state index in [9.17, 15) is 4.79 Å². The van der Waals surface area contributed by atoms with Crippen LogP contribution in [0, 0.1) is 0 Å². The average Bonchev–Trinajstić information content (AvgIpc) is 3.35. The topological polar surface area (TPSA) is 44.4 Å². The van der Waals surface area contributed by atoms with Crippen LogP contribution in [0.5, 0.6) is 0 Å². The molecule has 0 spiro atoms. The molecule has 1 aliphatic rings. The molecule has 2 rings (SSSR count). The van der Waals surface area contributed by atoms with Gasteiger partial charge in [0.15, 0.2) is 0 Å². The Morgan fingerprint density at radius 3 is 2.52 bits per heavy atom. The fourth-order valence-corrected chi connectivity index (χ4v) is 2.38. The highest BCUT2D eigenvalue weighted by Crippen LogP contribution is 2.27. The summed E-state index contributed by atoms with van der Waals surface area (Å²) < 4.78 is 0. The highest BCUT2D eigenvalue weighted by Gasteiger charge is 2.27. The molecule has 1 aromatic rings. The molecule has 0 aromatic heterocycles. The number of carbonyl (C=O) groups excluding carboxylic acids is 1. The highest BCUT2D eigenvalue weighted by atomic mass is 16.1. The van der Waals surface area contributed by atoms with Gasteiger partial charge in [0.1, 0.15) is 0 Å². The number of rotatable bonds is 8. The Bertz CT molecular complexity index is 454. The monoisotopic (exact) mass is 289 g/mol. The summed E-state index contributed by atoms with van der Waals surface area (Å²) >= 11 is 0. The van der Waals surface area contributed by atoms with Gasteiger partial charge in [0.05, 0.1) is 0 Å². The Morgan fingerprint density at radius 2 is 2.00 bits per heavy atom. The van der Waals surface area contributed by atoms with Crippen molar-refractivity contribution < 1.29 is 4.79 Å². The zero-order chi connectivity index (χ0) is 15.2. The van der Waals surface area contributed by atoms with Gasteiger partial charge in [-0.2, -0.15) is 0 Å². The molecule has 4 heteroatoms. The van der Waals surface area contributed by atoms with E-state index in [1.165, 1.54) is 18.4 Å². The fourth-order valence-electron chi connectivity index (χ4n) is 2.38. The second kappa shape index (κ2) is 7.57. The van der Waals surface area contributed by atoms with Crippen LogP contribution < -0.4 is 10.6 Å². The van der Waals surface area contributed by atoms with Crippen molar-refractivity contribution >= 4 is 5.91 Å². The quantitative estimate of drug-likeness (QED) is 0.769. The van der Waals surface area contributed by atoms with E-state index in [2.05, 4.69) is 34.6 Å². The van der Waals surface area contributed by atoms with E-state index in [4.69, 9.17) is 0 Å². The molecule has 1 aliphatic carbocycles. The minimum Gasteiger partial charge on any atom is -0.350 e. The number of carbonyl (C=O) groups is 1. The third-order valence-electron chi connectivity index (χ3n) is 4.13. The van der Waals surface area contributed by atoms with E-state index >= 15 is 0 Å². The second-order valence-corrected chi connectivity index (χ2v) is 5.89. The van der Waals surface area contributed by atoms with Crippen molar-refractivity contribution in [3.8, 4) is 0 Å². The first-order chi connectivity index (χ1) is 10.1. The van der Waals surface area contributed by atoms with Crippen LogP contribution in [0.15, 0.2) is 24.3 Å². The van der Waals surface area contributed by atoms with Gasteiger partial charge in [-0.25, -0.2) is 0 Å². The lowest BCUT2D eigenvalue weighted by atomic mass is 10.1. The normalized spacial score (nSPS) is 16.0. The third-order valence-corrected chi connectivity index (χ3v) is 4.13. The minimum absolute atomic E-state index is 0.00168. The minimum atomic E-state index is -0.00168. The molecule has 0 radical (unpaired) electrons. The molecule has 21 heavy (non-hydrogen) atoms. The van der Waals surface area contributed by atoms with Crippen LogP contribution in [0.4, 0.5) is 0 Å². The van der Waals surface area contributed by atoms with E-state index in [1.807, 2.05) is 26.1 Å². The summed E-state index contributed by atoms with van der Waals surface area (Å²) in [7, 11) is 1.89. The van der Waals surface area contributed by atoms with Crippen LogP contribution in [0.2, 0.25) is 0 Å². The van der Waals surface area contributed by atoms with E-state index in [0.717, 1.165) is 24.7 Å². The SMILES string of the molecule is CCN(Cc1ccc(C(=O)NCC(C)NC)cc1)C1CC1. The molecule has 1 aromatic carbocycles. The van der Waals surface area contributed by atoms with Gasteiger partial charge in [0.25, 0.3) is 5.91 Å². The number of hydrogen-bond donors (Lipinski definition) is 2. The fraction of sp³-hybridized carbons (Fsp3) is 0.588. The Morgan fingerprint density at radius 1 is 1.33 bits per heavy atom. The van der Waals surface area contributed by atoms with Crippen molar-refractivity contribution in [2.24, 2.45) is 0 Å². The molecule has 0 aliphatic heterocycles. The maximum atomic E-state index is 12.0. The smallest absolute Gasteiger partial charge is 0.251 e. The largest absolute Gasteiger partial charge is 0.350 e. The maximum Gasteiger partial charge on any atom is 0.251 e. The van der Waals surface area contributed by atoms with Gasteiger partial charge in [-0.05, 0) is 51.1 Å². The molecule has 1 amide bonds. The van der Waals surface area contributed by atoms with Gasteiger partial charge in [0.2, 0.25) is 0 Å². The predicted molar refractivity (Wildman–Crippen MR) is 86.4 cm³/mol. The maximum absolute atomic E-state index is 12.0. The summed E-state index contributed by atoms with van der Waals surface area (Å²) in [5, 5.41) is 6.04. The van der Waals surface area contributed by atoms with Crippen LogP contribution in [-0.4, -0.2) is 43.0 Å². The highest BCUT2D eigenvalue weighted by molar-refractivity contribution is 5.94.